The number of hydrogen-bond donors (Lipinski definition) is 0. The highest BCUT2D eigenvalue weighted by atomic mass is 32.2. The molecule has 1 unspecified atom stereocenters. The summed E-state index contributed by atoms with van der Waals surface area (Å²) in [5.41, 5.74) is 4.09. The minimum absolute atomic E-state index is 0.0402. The van der Waals surface area contributed by atoms with Gasteiger partial charge in [0.15, 0.2) is 0 Å². The van der Waals surface area contributed by atoms with E-state index in [1.165, 1.54) is 16.7 Å². The van der Waals surface area contributed by atoms with E-state index in [9.17, 15) is 0 Å². The van der Waals surface area contributed by atoms with Crippen LogP contribution in [0.15, 0.2) is 84.9 Å². The molecule has 0 saturated heterocycles. The molecule has 0 aromatic heterocycles. The Balaban J connectivity index is 1.52. The Morgan fingerprint density at radius 2 is 1.42 bits per heavy atom. The van der Waals surface area contributed by atoms with Crippen molar-refractivity contribution in [2.45, 2.75) is 24.0 Å². The Kier molecular flexibility index (Phi) is 5.03. The molecule has 0 fully saturated rings. The van der Waals surface area contributed by atoms with Gasteiger partial charge in [-0.05, 0) is 36.3 Å². The van der Waals surface area contributed by atoms with Crippen molar-refractivity contribution >= 4 is 11.8 Å². The van der Waals surface area contributed by atoms with E-state index in [1.54, 1.807) is 0 Å². The minimum Gasteiger partial charge on any atom is -0.493 e. The van der Waals surface area contributed by atoms with Gasteiger partial charge in [-0.25, -0.2) is 0 Å². The fraction of sp³-hybridized carbons (Fsp3) is 0.250. The van der Waals surface area contributed by atoms with Gasteiger partial charge in [0.1, 0.15) is 5.75 Å². The van der Waals surface area contributed by atoms with E-state index >= 15 is 0 Å². The SMILES string of the molecule is CC(SCCC1COc2ccccc21)(c1ccccc1)c1ccccc1. The fourth-order valence-electron chi connectivity index (χ4n) is 3.72. The second kappa shape index (κ2) is 7.59. The van der Waals surface area contributed by atoms with Crippen LogP contribution in [0.1, 0.15) is 36.0 Å². The summed E-state index contributed by atoms with van der Waals surface area (Å²) in [6.07, 6.45) is 1.14. The van der Waals surface area contributed by atoms with Crippen LogP contribution in [0, 0.1) is 0 Å². The Morgan fingerprint density at radius 3 is 2.08 bits per heavy atom. The van der Waals surface area contributed by atoms with E-state index in [0.29, 0.717) is 5.92 Å². The largest absolute Gasteiger partial charge is 0.493 e. The molecule has 0 amide bonds. The second-order valence-electron chi connectivity index (χ2n) is 6.95. The molecule has 0 radical (unpaired) electrons. The Labute approximate surface area is 160 Å². The molecule has 1 nitrogen and oxygen atoms in total. The first-order valence-corrected chi connectivity index (χ1v) is 10.2. The Morgan fingerprint density at radius 1 is 0.846 bits per heavy atom. The van der Waals surface area contributed by atoms with Gasteiger partial charge in [0, 0.05) is 11.5 Å². The Hall–Kier alpha value is -2.19. The summed E-state index contributed by atoms with van der Waals surface area (Å²) in [5.74, 6) is 2.67. The lowest BCUT2D eigenvalue weighted by Gasteiger charge is -2.31. The van der Waals surface area contributed by atoms with Gasteiger partial charge < -0.3 is 4.74 Å². The van der Waals surface area contributed by atoms with Gasteiger partial charge in [-0.1, -0.05) is 78.9 Å². The highest BCUT2D eigenvalue weighted by Crippen LogP contribution is 2.44. The van der Waals surface area contributed by atoms with E-state index in [1.807, 2.05) is 11.8 Å². The number of para-hydroxylation sites is 1. The highest BCUT2D eigenvalue weighted by molar-refractivity contribution is 8.00. The summed E-state index contributed by atoms with van der Waals surface area (Å²) >= 11 is 2.04. The maximum Gasteiger partial charge on any atom is 0.122 e. The quantitative estimate of drug-likeness (QED) is 0.514. The molecule has 0 aliphatic carbocycles. The topological polar surface area (TPSA) is 9.23 Å². The first kappa shape index (κ1) is 17.2. The first-order valence-electron chi connectivity index (χ1n) is 9.24. The summed E-state index contributed by atoms with van der Waals surface area (Å²) < 4.78 is 5.81. The van der Waals surface area contributed by atoms with Gasteiger partial charge in [-0.3, -0.25) is 0 Å². The van der Waals surface area contributed by atoms with Crippen LogP contribution >= 0.6 is 11.8 Å². The lowest BCUT2D eigenvalue weighted by atomic mass is 9.92. The molecule has 1 heterocycles. The average Bonchev–Trinajstić information content (AvgIpc) is 3.12. The fourth-order valence-corrected chi connectivity index (χ4v) is 5.14. The van der Waals surface area contributed by atoms with Gasteiger partial charge >= 0.3 is 0 Å². The molecule has 3 aromatic rings. The average molecular weight is 361 g/mol. The molecule has 0 saturated carbocycles. The van der Waals surface area contributed by atoms with Crippen molar-refractivity contribution in [3.63, 3.8) is 0 Å². The van der Waals surface area contributed by atoms with Crippen LogP contribution < -0.4 is 4.74 Å². The van der Waals surface area contributed by atoms with Crippen molar-refractivity contribution < 1.29 is 4.74 Å². The zero-order chi connectivity index (χ0) is 17.8. The van der Waals surface area contributed by atoms with E-state index in [-0.39, 0.29) is 4.75 Å². The summed E-state index contributed by atoms with van der Waals surface area (Å²) in [7, 11) is 0. The maximum atomic E-state index is 5.85. The maximum absolute atomic E-state index is 5.85. The third kappa shape index (κ3) is 3.39. The summed E-state index contributed by atoms with van der Waals surface area (Å²) in [5, 5.41) is 0. The van der Waals surface area contributed by atoms with Crippen LogP contribution in [-0.2, 0) is 4.75 Å². The monoisotopic (exact) mass is 360 g/mol. The number of ether oxygens (including phenoxy) is 1. The predicted molar refractivity (Wildman–Crippen MR) is 111 cm³/mol. The third-order valence-electron chi connectivity index (χ3n) is 5.31. The van der Waals surface area contributed by atoms with Crippen LogP contribution in [0.5, 0.6) is 5.75 Å². The Bertz CT molecular complexity index is 805. The van der Waals surface area contributed by atoms with E-state index in [0.717, 1.165) is 24.5 Å². The molecular formula is C24H24OS. The molecule has 0 bridgehead atoms. The minimum atomic E-state index is -0.0402. The molecule has 2 heteroatoms. The standard InChI is InChI=1S/C24H24OS/c1-24(20-10-4-2-5-11-20,21-12-6-3-7-13-21)26-17-16-19-18-25-23-15-9-8-14-22(19)23/h2-15,19H,16-18H2,1H3. The summed E-state index contributed by atoms with van der Waals surface area (Å²) in [6.45, 7) is 3.16. The van der Waals surface area contributed by atoms with Crippen LogP contribution in [0.2, 0.25) is 0 Å². The molecule has 3 aromatic carbocycles. The van der Waals surface area contributed by atoms with Crippen molar-refractivity contribution in [1.82, 2.24) is 0 Å². The number of thioether (sulfide) groups is 1. The molecule has 1 aliphatic heterocycles. The van der Waals surface area contributed by atoms with Gasteiger partial charge in [-0.2, -0.15) is 0 Å². The van der Waals surface area contributed by atoms with Crippen LogP contribution in [0.25, 0.3) is 0 Å². The summed E-state index contributed by atoms with van der Waals surface area (Å²) in [6, 6.07) is 30.2. The third-order valence-corrected chi connectivity index (χ3v) is 6.79. The van der Waals surface area contributed by atoms with Crippen LogP contribution in [0.4, 0.5) is 0 Å². The zero-order valence-corrected chi connectivity index (χ0v) is 15.9. The smallest absolute Gasteiger partial charge is 0.122 e. The molecule has 26 heavy (non-hydrogen) atoms. The van der Waals surface area contributed by atoms with E-state index in [2.05, 4.69) is 91.9 Å². The lowest BCUT2D eigenvalue weighted by molar-refractivity contribution is 0.328. The van der Waals surface area contributed by atoms with Gasteiger partial charge in [0.25, 0.3) is 0 Å². The summed E-state index contributed by atoms with van der Waals surface area (Å²) in [4.78, 5) is 0. The molecule has 132 valence electrons. The number of rotatable bonds is 6. The molecule has 0 N–H and O–H groups in total. The highest BCUT2D eigenvalue weighted by Gasteiger charge is 2.30. The van der Waals surface area contributed by atoms with Crippen molar-refractivity contribution in [3.8, 4) is 5.75 Å². The van der Waals surface area contributed by atoms with Crippen molar-refractivity contribution in [1.29, 1.82) is 0 Å². The molecule has 1 atom stereocenters. The predicted octanol–water partition coefficient (Wildman–Crippen LogP) is 6.25. The lowest BCUT2D eigenvalue weighted by Crippen LogP contribution is -2.20. The molecule has 4 rings (SSSR count). The number of hydrogen-bond acceptors (Lipinski definition) is 2. The van der Waals surface area contributed by atoms with E-state index < -0.39 is 0 Å². The molecule has 1 aliphatic rings. The zero-order valence-electron chi connectivity index (χ0n) is 15.1. The van der Waals surface area contributed by atoms with Crippen LogP contribution in [-0.4, -0.2) is 12.4 Å². The first-order chi connectivity index (χ1) is 12.8. The van der Waals surface area contributed by atoms with Gasteiger partial charge in [0.05, 0.1) is 11.4 Å². The van der Waals surface area contributed by atoms with Crippen molar-refractivity contribution in [3.05, 3.63) is 102 Å². The molecule has 0 spiro atoms. The second-order valence-corrected chi connectivity index (χ2v) is 8.46. The van der Waals surface area contributed by atoms with Gasteiger partial charge in [-0.15, -0.1) is 11.8 Å². The number of benzene rings is 3. The van der Waals surface area contributed by atoms with E-state index in [4.69, 9.17) is 4.74 Å². The van der Waals surface area contributed by atoms with Crippen molar-refractivity contribution in [2.24, 2.45) is 0 Å². The van der Waals surface area contributed by atoms with Gasteiger partial charge in [0.2, 0.25) is 0 Å². The normalized spacial score (nSPS) is 16.1. The van der Waals surface area contributed by atoms with Crippen molar-refractivity contribution in [2.75, 3.05) is 12.4 Å². The molecular weight excluding hydrogens is 336 g/mol. The van der Waals surface area contributed by atoms with Crippen LogP contribution in [0.3, 0.4) is 0 Å². The number of fused-ring (bicyclic) bond motifs is 1.